The van der Waals surface area contributed by atoms with Gasteiger partial charge in [0.25, 0.3) is 0 Å². The molecule has 1 saturated heterocycles. The minimum atomic E-state index is -1.31. The summed E-state index contributed by atoms with van der Waals surface area (Å²) in [5.74, 6) is -1.14. The van der Waals surface area contributed by atoms with Crippen LogP contribution in [0.1, 0.15) is 18.9 Å². The maximum absolute atomic E-state index is 12.0. The molecular formula is C12H14KN2O4+. The largest absolute Gasteiger partial charge is 1.00 e. The third-order valence-electron chi connectivity index (χ3n) is 3.03. The molecule has 1 fully saturated rings. The maximum Gasteiger partial charge on any atom is 1.00 e. The van der Waals surface area contributed by atoms with Crippen molar-refractivity contribution in [2.45, 2.75) is 18.8 Å². The molecule has 4 N–H and O–H groups in total. The van der Waals surface area contributed by atoms with Crippen molar-refractivity contribution < 1.29 is 71.2 Å². The summed E-state index contributed by atoms with van der Waals surface area (Å²) in [6.07, 6.45) is 0.294. The average Bonchev–Trinajstić information content (AvgIpc) is 2.30. The Hall–Kier alpha value is -0.574. The van der Waals surface area contributed by atoms with Gasteiger partial charge in [-0.1, -0.05) is 37.3 Å². The molecule has 2 rings (SSSR count). The molecule has 0 aromatic heterocycles. The second-order valence-electron chi connectivity index (χ2n) is 3.86. The normalized spacial score (nSPS) is 16.6. The summed E-state index contributed by atoms with van der Waals surface area (Å²) in [5.41, 5.74) is -0.722. The molecule has 1 aliphatic heterocycles. The van der Waals surface area contributed by atoms with Gasteiger partial charge in [-0.15, -0.1) is 0 Å². The van der Waals surface area contributed by atoms with Crippen LogP contribution < -0.4 is 62.0 Å². The Bertz CT molecular complexity index is 470. The fourth-order valence-corrected chi connectivity index (χ4v) is 2.06. The monoisotopic (exact) mass is 289 g/mol. The first-order valence-electron chi connectivity index (χ1n) is 5.33. The summed E-state index contributed by atoms with van der Waals surface area (Å²) in [6, 6.07) is 7.96. The van der Waals surface area contributed by atoms with Crippen molar-refractivity contribution in [3.05, 3.63) is 35.9 Å². The Labute approximate surface area is 153 Å². The summed E-state index contributed by atoms with van der Waals surface area (Å²) in [4.78, 5) is 35.0. The minimum absolute atomic E-state index is 0. The smallest absolute Gasteiger partial charge is 0.412 e. The van der Waals surface area contributed by atoms with Gasteiger partial charge >= 0.3 is 57.4 Å². The number of barbiturate groups is 1. The van der Waals surface area contributed by atoms with Crippen molar-refractivity contribution in [1.82, 2.24) is 10.6 Å². The van der Waals surface area contributed by atoms with E-state index in [4.69, 9.17) is 0 Å². The average molecular weight is 289 g/mol. The summed E-state index contributed by atoms with van der Waals surface area (Å²) in [5, 5.41) is 4.28. The van der Waals surface area contributed by atoms with Crippen molar-refractivity contribution in [1.29, 1.82) is 0 Å². The minimum Gasteiger partial charge on any atom is -0.412 e. The van der Waals surface area contributed by atoms with E-state index in [2.05, 4.69) is 10.6 Å². The first-order valence-corrected chi connectivity index (χ1v) is 5.33. The van der Waals surface area contributed by atoms with E-state index >= 15 is 0 Å². The Kier molecular flexibility index (Phi) is 7.05. The fraction of sp³-hybridized carbons (Fsp3) is 0.250. The zero-order chi connectivity index (χ0) is 12.5. The molecule has 0 atom stereocenters. The SMILES string of the molecule is CCC1(c2ccccc2)C(=O)NC(=O)NC1=O.O.[K+]. The van der Waals surface area contributed by atoms with Crippen LogP contribution in [0.3, 0.4) is 0 Å². The number of imide groups is 2. The maximum atomic E-state index is 12.0. The van der Waals surface area contributed by atoms with Crippen LogP contribution in [-0.4, -0.2) is 23.3 Å². The van der Waals surface area contributed by atoms with Gasteiger partial charge in [0.15, 0.2) is 5.41 Å². The molecule has 1 aromatic carbocycles. The third-order valence-corrected chi connectivity index (χ3v) is 3.03. The van der Waals surface area contributed by atoms with Gasteiger partial charge in [-0.3, -0.25) is 20.2 Å². The van der Waals surface area contributed by atoms with E-state index in [9.17, 15) is 14.4 Å². The van der Waals surface area contributed by atoms with E-state index < -0.39 is 23.3 Å². The summed E-state index contributed by atoms with van der Waals surface area (Å²) >= 11 is 0. The fourth-order valence-electron chi connectivity index (χ4n) is 2.06. The standard InChI is InChI=1S/C12H12N2O3.K.H2O/c1-2-12(8-6-4-3-5-7-8)9(15)13-11(17)14-10(12)16;;/h3-7H,2H2,1H3,(H2,13,14,15,16,17);;1H2/q;+1;. The van der Waals surface area contributed by atoms with Crippen LogP contribution in [0.25, 0.3) is 0 Å². The summed E-state index contributed by atoms with van der Waals surface area (Å²) < 4.78 is 0. The first-order chi connectivity index (χ1) is 8.11. The Morgan fingerprint density at radius 2 is 1.47 bits per heavy atom. The van der Waals surface area contributed by atoms with Crippen molar-refractivity contribution in [3.63, 3.8) is 0 Å². The van der Waals surface area contributed by atoms with E-state index in [0.717, 1.165) is 0 Å². The van der Waals surface area contributed by atoms with Crippen LogP contribution in [0.4, 0.5) is 4.79 Å². The van der Waals surface area contributed by atoms with Gasteiger partial charge in [-0.25, -0.2) is 4.79 Å². The number of amides is 4. The molecule has 1 aromatic rings. The predicted octanol–water partition coefficient (Wildman–Crippen LogP) is -3.12. The van der Waals surface area contributed by atoms with Crippen molar-refractivity contribution >= 4 is 17.8 Å². The molecule has 96 valence electrons. The number of carbonyl (C=O) groups excluding carboxylic acids is 3. The molecule has 1 heterocycles. The number of rotatable bonds is 2. The van der Waals surface area contributed by atoms with Crippen LogP contribution in [0.2, 0.25) is 0 Å². The van der Waals surface area contributed by atoms with E-state index in [-0.39, 0.29) is 56.9 Å². The van der Waals surface area contributed by atoms with Gasteiger partial charge in [0.05, 0.1) is 0 Å². The molecule has 0 aliphatic carbocycles. The molecular weight excluding hydrogens is 275 g/mol. The van der Waals surface area contributed by atoms with E-state index in [1.54, 1.807) is 37.3 Å². The van der Waals surface area contributed by atoms with Gasteiger partial charge in [-0.2, -0.15) is 0 Å². The molecule has 0 spiro atoms. The van der Waals surface area contributed by atoms with Crippen molar-refractivity contribution in [2.75, 3.05) is 0 Å². The Morgan fingerprint density at radius 1 is 1.00 bits per heavy atom. The molecule has 0 saturated carbocycles. The Morgan fingerprint density at radius 3 is 1.89 bits per heavy atom. The second-order valence-corrected chi connectivity index (χ2v) is 3.86. The molecule has 0 unspecified atom stereocenters. The van der Waals surface area contributed by atoms with Crippen LogP contribution in [-0.2, 0) is 15.0 Å². The summed E-state index contributed by atoms with van der Waals surface area (Å²) in [6.45, 7) is 1.74. The Balaban J connectivity index is 0.00000162. The molecule has 4 amide bonds. The molecule has 0 bridgehead atoms. The number of hydrogen-bond acceptors (Lipinski definition) is 3. The number of carbonyl (C=O) groups is 3. The molecule has 7 heteroatoms. The molecule has 6 nitrogen and oxygen atoms in total. The summed E-state index contributed by atoms with van der Waals surface area (Å²) in [7, 11) is 0. The van der Waals surface area contributed by atoms with Crippen LogP contribution >= 0.6 is 0 Å². The first kappa shape index (κ1) is 18.4. The predicted molar refractivity (Wildman–Crippen MR) is 63.7 cm³/mol. The number of hydrogen-bond donors (Lipinski definition) is 2. The van der Waals surface area contributed by atoms with Gasteiger partial charge in [0.1, 0.15) is 0 Å². The zero-order valence-corrected chi connectivity index (χ0v) is 13.9. The number of benzene rings is 1. The van der Waals surface area contributed by atoms with Gasteiger partial charge in [-0.05, 0) is 12.0 Å². The van der Waals surface area contributed by atoms with Crippen molar-refractivity contribution in [2.24, 2.45) is 0 Å². The number of urea groups is 1. The van der Waals surface area contributed by atoms with Crippen LogP contribution in [0.5, 0.6) is 0 Å². The van der Waals surface area contributed by atoms with E-state index in [0.29, 0.717) is 12.0 Å². The zero-order valence-electron chi connectivity index (χ0n) is 10.8. The quantitative estimate of drug-likeness (QED) is 0.444. The van der Waals surface area contributed by atoms with E-state index in [1.165, 1.54) is 0 Å². The molecule has 0 radical (unpaired) electrons. The van der Waals surface area contributed by atoms with Gasteiger partial charge < -0.3 is 5.48 Å². The van der Waals surface area contributed by atoms with E-state index in [1.807, 2.05) is 0 Å². The van der Waals surface area contributed by atoms with Crippen LogP contribution in [0, 0.1) is 0 Å². The van der Waals surface area contributed by atoms with Gasteiger partial charge in [0, 0.05) is 0 Å². The van der Waals surface area contributed by atoms with Crippen LogP contribution in [0.15, 0.2) is 30.3 Å². The third kappa shape index (κ3) is 3.13. The second kappa shape index (κ2) is 7.27. The van der Waals surface area contributed by atoms with Gasteiger partial charge in [0.2, 0.25) is 11.8 Å². The topological polar surface area (TPSA) is 107 Å². The van der Waals surface area contributed by atoms with Crippen molar-refractivity contribution in [3.8, 4) is 0 Å². The number of nitrogens with one attached hydrogen (secondary N) is 2. The molecule has 1 aliphatic rings. The molecule has 19 heavy (non-hydrogen) atoms.